The van der Waals surface area contributed by atoms with Gasteiger partial charge in [0.15, 0.2) is 0 Å². The molecule has 0 aliphatic rings. The standard InChI is InChI=1S/C8H9O2S/c1-7-3-2-4-8(5-7)6-11(9)10/h2-4,11H,6H2,1H3. The summed E-state index contributed by atoms with van der Waals surface area (Å²) in [5.74, 6) is 0.0943. The summed E-state index contributed by atoms with van der Waals surface area (Å²) in [4.78, 5) is 0. The van der Waals surface area contributed by atoms with E-state index in [0.717, 1.165) is 11.1 Å². The zero-order valence-electron chi connectivity index (χ0n) is 6.20. The molecule has 0 unspecified atom stereocenters. The van der Waals surface area contributed by atoms with Crippen LogP contribution in [0, 0.1) is 13.0 Å². The highest BCUT2D eigenvalue weighted by atomic mass is 32.2. The van der Waals surface area contributed by atoms with E-state index >= 15 is 0 Å². The van der Waals surface area contributed by atoms with E-state index in [1.807, 2.05) is 19.1 Å². The third-order valence-corrected chi connectivity index (χ3v) is 1.90. The molecule has 3 heteroatoms. The number of rotatable bonds is 2. The summed E-state index contributed by atoms with van der Waals surface area (Å²) in [5.41, 5.74) is 1.71. The Morgan fingerprint density at radius 2 is 2.18 bits per heavy atom. The molecule has 0 aliphatic heterocycles. The normalized spacial score (nSPS) is 10.4. The second-order valence-corrected chi connectivity index (χ2v) is 3.33. The fourth-order valence-electron chi connectivity index (χ4n) is 0.877. The molecular formula is C8H9O2S. The maximum absolute atomic E-state index is 10.3. The quantitative estimate of drug-likeness (QED) is 0.668. The first-order valence-corrected chi connectivity index (χ1v) is 4.64. The molecule has 0 amide bonds. The molecule has 0 saturated heterocycles. The second-order valence-electron chi connectivity index (χ2n) is 2.35. The third-order valence-electron chi connectivity index (χ3n) is 1.30. The summed E-state index contributed by atoms with van der Waals surface area (Å²) >= 11 is 0. The molecule has 1 rings (SSSR count). The van der Waals surface area contributed by atoms with E-state index in [-0.39, 0.29) is 5.75 Å². The zero-order valence-corrected chi connectivity index (χ0v) is 7.10. The number of benzene rings is 1. The molecule has 1 aromatic carbocycles. The monoisotopic (exact) mass is 169 g/mol. The number of thiol groups is 1. The van der Waals surface area contributed by atoms with Crippen molar-refractivity contribution < 1.29 is 8.42 Å². The summed E-state index contributed by atoms with van der Waals surface area (Å²) in [7, 11) is -2.32. The Morgan fingerprint density at radius 1 is 1.45 bits per heavy atom. The lowest BCUT2D eigenvalue weighted by atomic mass is 10.2. The first kappa shape index (κ1) is 8.27. The minimum absolute atomic E-state index is 0.0943. The van der Waals surface area contributed by atoms with E-state index in [2.05, 4.69) is 6.07 Å². The average molecular weight is 169 g/mol. The van der Waals surface area contributed by atoms with Crippen molar-refractivity contribution >= 4 is 10.7 Å². The van der Waals surface area contributed by atoms with Crippen LogP contribution in [-0.4, -0.2) is 8.42 Å². The van der Waals surface area contributed by atoms with Gasteiger partial charge in [-0.05, 0) is 24.1 Å². The van der Waals surface area contributed by atoms with Gasteiger partial charge in [0.1, 0.15) is 10.7 Å². The summed E-state index contributed by atoms with van der Waals surface area (Å²) in [6.45, 7) is 1.89. The molecule has 0 N–H and O–H groups in total. The van der Waals surface area contributed by atoms with Crippen LogP contribution in [0.25, 0.3) is 0 Å². The lowest BCUT2D eigenvalue weighted by Gasteiger charge is -1.94. The molecule has 11 heavy (non-hydrogen) atoms. The lowest BCUT2D eigenvalue weighted by molar-refractivity contribution is 0.614. The Morgan fingerprint density at radius 3 is 2.73 bits per heavy atom. The van der Waals surface area contributed by atoms with Gasteiger partial charge in [-0.3, -0.25) is 0 Å². The van der Waals surface area contributed by atoms with Crippen LogP contribution < -0.4 is 0 Å². The predicted molar refractivity (Wildman–Crippen MR) is 44.0 cm³/mol. The Kier molecular flexibility index (Phi) is 2.65. The number of hydrogen-bond donors (Lipinski definition) is 1. The predicted octanol–water partition coefficient (Wildman–Crippen LogP) is 0.907. The summed E-state index contributed by atoms with van der Waals surface area (Å²) < 4.78 is 20.6. The van der Waals surface area contributed by atoms with Crippen LogP contribution in [0.5, 0.6) is 0 Å². The Balaban J connectivity index is 2.87. The first-order valence-electron chi connectivity index (χ1n) is 3.28. The van der Waals surface area contributed by atoms with Crippen LogP contribution >= 0.6 is 0 Å². The maximum atomic E-state index is 10.3. The summed E-state index contributed by atoms with van der Waals surface area (Å²) in [6, 6.07) is 8.44. The van der Waals surface area contributed by atoms with E-state index in [1.54, 1.807) is 6.07 Å². The van der Waals surface area contributed by atoms with Crippen LogP contribution in [0.3, 0.4) is 0 Å². The fourth-order valence-corrected chi connectivity index (χ4v) is 1.34. The third kappa shape index (κ3) is 2.72. The van der Waals surface area contributed by atoms with Gasteiger partial charge < -0.3 is 0 Å². The van der Waals surface area contributed by atoms with Crippen molar-refractivity contribution in [1.82, 2.24) is 0 Å². The topological polar surface area (TPSA) is 34.1 Å². The Bertz CT molecular complexity index is 308. The van der Waals surface area contributed by atoms with Gasteiger partial charge in [-0.2, -0.15) is 0 Å². The van der Waals surface area contributed by atoms with E-state index < -0.39 is 10.7 Å². The molecule has 0 aromatic heterocycles. The Hall–Kier alpha value is -0.830. The van der Waals surface area contributed by atoms with Crippen LogP contribution in [0.1, 0.15) is 11.1 Å². The van der Waals surface area contributed by atoms with E-state index in [1.165, 1.54) is 0 Å². The molecule has 0 aliphatic carbocycles. The molecule has 0 heterocycles. The summed E-state index contributed by atoms with van der Waals surface area (Å²) in [6.07, 6.45) is 0. The molecule has 0 fully saturated rings. The second kappa shape index (κ2) is 3.53. The Labute approximate surface area is 67.8 Å². The molecule has 1 aromatic rings. The summed E-state index contributed by atoms with van der Waals surface area (Å²) in [5, 5.41) is 0. The van der Waals surface area contributed by atoms with Crippen LogP contribution in [-0.2, 0) is 16.5 Å². The minimum Gasteiger partial charge on any atom is -0.232 e. The van der Waals surface area contributed by atoms with Gasteiger partial charge >= 0.3 is 0 Å². The van der Waals surface area contributed by atoms with Gasteiger partial charge in [0, 0.05) is 0 Å². The molecular weight excluding hydrogens is 160 g/mol. The number of hydrogen-bond acceptors (Lipinski definition) is 2. The molecule has 0 saturated carbocycles. The highest BCUT2D eigenvalue weighted by Gasteiger charge is 1.93. The van der Waals surface area contributed by atoms with Crippen molar-refractivity contribution in [2.75, 3.05) is 0 Å². The molecule has 0 spiro atoms. The van der Waals surface area contributed by atoms with Gasteiger partial charge in [-0.1, -0.05) is 18.2 Å². The van der Waals surface area contributed by atoms with Gasteiger partial charge in [0.2, 0.25) is 0 Å². The first-order chi connectivity index (χ1) is 5.18. The highest BCUT2D eigenvalue weighted by Crippen LogP contribution is 2.03. The van der Waals surface area contributed by atoms with Gasteiger partial charge in [0.05, 0.1) is 5.75 Å². The van der Waals surface area contributed by atoms with Crippen molar-refractivity contribution in [2.24, 2.45) is 0 Å². The maximum Gasteiger partial charge on any atom is 0.144 e. The SMILES string of the molecule is Cc1[c]c(C[SH](=O)=O)ccc1. The van der Waals surface area contributed by atoms with Crippen molar-refractivity contribution in [2.45, 2.75) is 12.7 Å². The van der Waals surface area contributed by atoms with Crippen molar-refractivity contribution in [3.63, 3.8) is 0 Å². The zero-order chi connectivity index (χ0) is 8.27. The minimum atomic E-state index is -2.32. The van der Waals surface area contributed by atoms with Crippen molar-refractivity contribution in [3.8, 4) is 0 Å². The van der Waals surface area contributed by atoms with Crippen LogP contribution in [0.4, 0.5) is 0 Å². The van der Waals surface area contributed by atoms with Crippen LogP contribution in [0.2, 0.25) is 0 Å². The highest BCUT2D eigenvalue weighted by molar-refractivity contribution is 7.71. The van der Waals surface area contributed by atoms with Gasteiger partial charge in [-0.25, -0.2) is 8.42 Å². The van der Waals surface area contributed by atoms with Gasteiger partial charge in [-0.15, -0.1) is 0 Å². The van der Waals surface area contributed by atoms with E-state index in [4.69, 9.17) is 0 Å². The largest absolute Gasteiger partial charge is 0.232 e. The molecule has 0 bridgehead atoms. The number of aryl methyl sites for hydroxylation is 1. The lowest BCUT2D eigenvalue weighted by Crippen LogP contribution is -1.87. The average Bonchev–Trinajstić information content (AvgIpc) is 1.85. The van der Waals surface area contributed by atoms with E-state index in [9.17, 15) is 8.42 Å². The molecule has 2 nitrogen and oxygen atoms in total. The van der Waals surface area contributed by atoms with Crippen molar-refractivity contribution in [1.29, 1.82) is 0 Å². The smallest absolute Gasteiger partial charge is 0.144 e. The van der Waals surface area contributed by atoms with Crippen molar-refractivity contribution in [3.05, 3.63) is 35.4 Å². The van der Waals surface area contributed by atoms with Crippen LogP contribution in [0.15, 0.2) is 18.2 Å². The fraction of sp³-hybridized carbons (Fsp3) is 0.250. The molecule has 59 valence electrons. The molecule has 0 atom stereocenters. The molecule has 1 radical (unpaired) electrons. The van der Waals surface area contributed by atoms with E-state index in [0.29, 0.717) is 0 Å². The van der Waals surface area contributed by atoms with Gasteiger partial charge in [0.25, 0.3) is 0 Å².